The van der Waals surface area contributed by atoms with Gasteiger partial charge in [-0.05, 0) is 48.3 Å². The fraction of sp³-hybridized carbons (Fsp3) is 0.421. The number of carbonyl (C=O) groups is 3. The third-order valence-electron chi connectivity index (χ3n) is 6.38. The maximum atomic E-state index is 13.0. The summed E-state index contributed by atoms with van der Waals surface area (Å²) in [6.45, 7) is 0. The molecule has 3 aliphatic carbocycles. The summed E-state index contributed by atoms with van der Waals surface area (Å²) in [5, 5.41) is 0. The first-order valence-electron chi connectivity index (χ1n) is 8.33. The van der Waals surface area contributed by atoms with Crippen LogP contribution in [0.5, 0.6) is 0 Å². The Morgan fingerprint density at radius 3 is 2.29 bits per heavy atom. The third kappa shape index (κ3) is 1.48. The van der Waals surface area contributed by atoms with Crippen LogP contribution in [0.25, 0.3) is 0 Å². The summed E-state index contributed by atoms with van der Waals surface area (Å²) in [7, 11) is 1.31. The molecule has 1 spiro atoms. The van der Waals surface area contributed by atoms with Gasteiger partial charge in [0.05, 0.1) is 30.2 Å². The smallest absolute Gasteiger partial charge is 0.337 e. The molecule has 2 bridgehead atoms. The van der Waals surface area contributed by atoms with Crippen molar-refractivity contribution in [2.45, 2.75) is 12.8 Å². The van der Waals surface area contributed by atoms with Crippen molar-refractivity contribution in [1.82, 2.24) is 0 Å². The van der Waals surface area contributed by atoms with E-state index in [1.807, 2.05) is 0 Å². The Labute approximate surface area is 139 Å². The van der Waals surface area contributed by atoms with E-state index in [0.717, 1.165) is 12.8 Å². The molecule has 4 aliphatic rings. The molecule has 1 aromatic carbocycles. The molecule has 4 atom stereocenters. The van der Waals surface area contributed by atoms with Crippen molar-refractivity contribution < 1.29 is 19.1 Å². The van der Waals surface area contributed by atoms with Gasteiger partial charge in [-0.3, -0.25) is 9.59 Å². The monoisotopic (exact) mass is 323 g/mol. The third-order valence-corrected chi connectivity index (χ3v) is 6.38. The van der Waals surface area contributed by atoms with Crippen LogP contribution < -0.4 is 4.90 Å². The number of benzene rings is 1. The molecule has 0 unspecified atom stereocenters. The van der Waals surface area contributed by atoms with E-state index in [2.05, 4.69) is 12.2 Å². The average Bonchev–Trinajstić information content (AvgIpc) is 3.19. The molecule has 0 aromatic heterocycles. The second kappa shape index (κ2) is 4.35. The number of amides is 2. The Morgan fingerprint density at radius 1 is 1.12 bits per heavy atom. The van der Waals surface area contributed by atoms with E-state index in [1.54, 1.807) is 24.3 Å². The summed E-state index contributed by atoms with van der Waals surface area (Å²) >= 11 is 0. The molecule has 2 saturated carbocycles. The highest BCUT2D eigenvalue weighted by Gasteiger charge is 2.73. The van der Waals surface area contributed by atoms with E-state index in [9.17, 15) is 14.4 Å². The van der Waals surface area contributed by atoms with Crippen molar-refractivity contribution in [2.24, 2.45) is 29.1 Å². The fourth-order valence-electron chi connectivity index (χ4n) is 5.22. The first kappa shape index (κ1) is 14.0. The van der Waals surface area contributed by atoms with E-state index in [1.165, 1.54) is 12.0 Å². The van der Waals surface area contributed by atoms with Crippen molar-refractivity contribution >= 4 is 23.5 Å². The molecule has 122 valence electrons. The normalized spacial score (nSPS) is 34.1. The second-order valence-electron chi connectivity index (χ2n) is 7.27. The summed E-state index contributed by atoms with van der Waals surface area (Å²) in [4.78, 5) is 39.0. The Hall–Kier alpha value is -2.43. The molecule has 5 nitrogen and oxygen atoms in total. The minimum atomic E-state index is -0.477. The van der Waals surface area contributed by atoms with Gasteiger partial charge in [0, 0.05) is 0 Å². The topological polar surface area (TPSA) is 63.7 Å². The molecule has 1 aliphatic heterocycles. The van der Waals surface area contributed by atoms with Crippen LogP contribution >= 0.6 is 0 Å². The molecular weight excluding hydrogens is 306 g/mol. The Kier molecular flexibility index (Phi) is 2.53. The van der Waals surface area contributed by atoms with Gasteiger partial charge in [-0.15, -0.1) is 0 Å². The van der Waals surface area contributed by atoms with E-state index in [0.29, 0.717) is 11.3 Å². The van der Waals surface area contributed by atoms with E-state index in [4.69, 9.17) is 4.74 Å². The standard InChI is InChI=1S/C19H17NO4/c1-24-18(23)10-3-2-4-11(9-10)20-16(21)14-12-5-6-13(15(14)17(20)22)19(12)7-8-19/h2-6,9,12-15H,7-8H2,1H3/t12-,13+,14-,15+. The number of anilines is 1. The maximum absolute atomic E-state index is 13.0. The van der Waals surface area contributed by atoms with Crippen molar-refractivity contribution in [2.75, 3.05) is 12.0 Å². The van der Waals surface area contributed by atoms with Crippen LogP contribution in [-0.2, 0) is 14.3 Å². The second-order valence-corrected chi connectivity index (χ2v) is 7.27. The summed E-state index contributed by atoms with van der Waals surface area (Å²) < 4.78 is 4.72. The van der Waals surface area contributed by atoms with Gasteiger partial charge in [0.1, 0.15) is 0 Å². The van der Waals surface area contributed by atoms with Crippen molar-refractivity contribution in [3.05, 3.63) is 42.0 Å². The molecule has 0 radical (unpaired) electrons. The minimum Gasteiger partial charge on any atom is -0.465 e. The lowest BCUT2D eigenvalue weighted by Crippen LogP contribution is -2.34. The number of ether oxygens (including phenoxy) is 1. The minimum absolute atomic E-state index is 0.116. The van der Waals surface area contributed by atoms with Crippen molar-refractivity contribution in [3.63, 3.8) is 0 Å². The molecule has 1 saturated heterocycles. The first-order chi connectivity index (χ1) is 11.6. The number of carbonyl (C=O) groups excluding carboxylic acids is 3. The van der Waals surface area contributed by atoms with Gasteiger partial charge in [0.25, 0.3) is 0 Å². The highest BCUT2D eigenvalue weighted by molar-refractivity contribution is 6.23. The highest BCUT2D eigenvalue weighted by Crippen LogP contribution is 2.73. The van der Waals surface area contributed by atoms with Crippen LogP contribution in [0, 0.1) is 29.1 Å². The zero-order valence-corrected chi connectivity index (χ0v) is 13.3. The van der Waals surface area contributed by atoms with Crippen LogP contribution in [0.15, 0.2) is 36.4 Å². The molecule has 5 heteroatoms. The van der Waals surface area contributed by atoms with Gasteiger partial charge in [0.2, 0.25) is 11.8 Å². The molecule has 5 rings (SSSR count). The number of rotatable bonds is 2. The number of methoxy groups -OCH3 is 1. The summed E-state index contributed by atoms with van der Waals surface area (Å²) in [6, 6.07) is 6.55. The first-order valence-corrected chi connectivity index (χ1v) is 8.33. The molecule has 1 heterocycles. The lowest BCUT2D eigenvalue weighted by Gasteiger charge is -2.22. The number of hydrogen-bond acceptors (Lipinski definition) is 4. The number of hydrogen-bond donors (Lipinski definition) is 0. The van der Waals surface area contributed by atoms with Crippen LogP contribution in [0.3, 0.4) is 0 Å². The van der Waals surface area contributed by atoms with Crippen LogP contribution in [0.4, 0.5) is 5.69 Å². The number of fused-ring (bicyclic) bond motifs is 3. The summed E-state index contributed by atoms with van der Waals surface area (Å²) in [5.41, 5.74) is 1.000. The lowest BCUT2D eigenvalue weighted by molar-refractivity contribution is -0.123. The van der Waals surface area contributed by atoms with Gasteiger partial charge in [-0.1, -0.05) is 18.2 Å². The zero-order valence-electron chi connectivity index (χ0n) is 13.3. The van der Waals surface area contributed by atoms with Gasteiger partial charge >= 0.3 is 5.97 Å². The van der Waals surface area contributed by atoms with E-state index < -0.39 is 5.97 Å². The predicted octanol–water partition coefficient (Wildman–Crippen LogP) is 2.17. The van der Waals surface area contributed by atoms with E-state index >= 15 is 0 Å². The largest absolute Gasteiger partial charge is 0.465 e. The van der Waals surface area contributed by atoms with Gasteiger partial charge in [-0.2, -0.15) is 0 Å². The Balaban J connectivity index is 1.53. The lowest BCUT2D eigenvalue weighted by atomic mass is 9.85. The number of nitrogens with zero attached hydrogens (tertiary/aromatic N) is 1. The van der Waals surface area contributed by atoms with Crippen LogP contribution in [-0.4, -0.2) is 24.9 Å². The van der Waals surface area contributed by atoms with E-state index in [-0.39, 0.29) is 40.9 Å². The molecule has 0 N–H and O–H groups in total. The molecule has 24 heavy (non-hydrogen) atoms. The number of imide groups is 1. The number of allylic oxidation sites excluding steroid dienone is 2. The van der Waals surface area contributed by atoms with Crippen LogP contribution in [0.1, 0.15) is 23.2 Å². The summed E-state index contributed by atoms with van der Waals surface area (Å²) in [5.74, 6) is -0.746. The van der Waals surface area contributed by atoms with Crippen molar-refractivity contribution in [1.29, 1.82) is 0 Å². The van der Waals surface area contributed by atoms with Gasteiger partial charge < -0.3 is 4.74 Å². The molecule has 3 fully saturated rings. The number of esters is 1. The predicted molar refractivity (Wildman–Crippen MR) is 85.0 cm³/mol. The Bertz CT molecular complexity index is 788. The zero-order chi connectivity index (χ0) is 16.6. The molecule has 2 amide bonds. The molecule has 1 aromatic rings. The average molecular weight is 323 g/mol. The quantitative estimate of drug-likeness (QED) is 0.475. The van der Waals surface area contributed by atoms with Crippen LogP contribution in [0.2, 0.25) is 0 Å². The van der Waals surface area contributed by atoms with Crippen molar-refractivity contribution in [3.8, 4) is 0 Å². The van der Waals surface area contributed by atoms with Gasteiger partial charge in [0.15, 0.2) is 0 Å². The SMILES string of the molecule is COC(=O)c1cccc(N2C(=O)[C@@H]3[C@H](C2=O)[C@H]2C=C[C@@H]3C23CC3)c1. The maximum Gasteiger partial charge on any atom is 0.337 e. The highest BCUT2D eigenvalue weighted by atomic mass is 16.5. The molecular formula is C19H17NO4. The van der Waals surface area contributed by atoms with Gasteiger partial charge in [-0.25, -0.2) is 9.69 Å². The summed E-state index contributed by atoms with van der Waals surface area (Å²) in [6.07, 6.45) is 6.55. The Morgan fingerprint density at radius 2 is 1.75 bits per heavy atom. The fourth-order valence-corrected chi connectivity index (χ4v) is 5.22.